The average molecular weight is 397 g/mol. The normalized spacial score (nSPS) is 11.3. The van der Waals surface area contributed by atoms with E-state index in [2.05, 4.69) is 15.5 Å². The number of nitrogens with one attached hydrogen (secondary N) is 1. The standard InChI is InChI=1S/C17H21ClN4O3S/c1-17(2,3)19-13(23)9-22(4)14(24)10-26-16-21-20-15(25-16)11-7-5-6-8-12(11)18/h5-8H,9-10H2,1-4H3,(H,19,23). The number of likely N-dealkylation sites (N-methyl/N-ethyl adjacent to an activating group) is 1. The van der Waals surface area contributed by atoms with Gasteiger partial charge in [-0.2, -0.15) is 0 Å². The quantitative estimate of drug-likeness (QED) is 0.755. The van der Waals surface area contributed by atoms with Gasteiger partial charge in [0, 0.05) is 12.6 Å². The summed E-state index contributed by atoms with van der Waals surface area (Å²) < 4.78 is 5.53. The van der Waals surface area contributed by atoms with Crippen LogP contribution in [0.1, 0.15) is 20.8 Å². The van der Waals surface area contributed by atoms with Gasteiger partial charge in [0.2, 0.25) is 17.7 Å². The zero-order valence-corrected chi connectivity index (χ0v) is 16.6. The fourth-order valence-electron chi connectivity index (χ4n) is 2.01. The molecule has 2 aromatic rings. The van der Waals surface area contributed by atoms with Gasteiger partial charge in [0.05, 0.1) is 22.9 Å². The van der Waals surface area contributed by atoms with Crippen LogP contribution in [0.25, 0.3) is 11.5 Å². The van der Waals surface area contributed by atoms with Gasteiger partial charge in [0.1, 0.15) is 0 Å². The minimum absolute atomic E-state index is 0.00856. The first-order chi connectivity index (χ1) is 12.2. The molecule has 0 saturated heterocycles. The lowest BCUT2D eigenvalue weighted by atomic mass is 10.1. The lowest BCUT2D eigenvalue weighted by Crippen LogP contribution is -2.46. The summed E-state index contributed by atoms with van der Waals surface area (Å²) in [7, 11) is 1.58. The predicted octanol–water partition coefficient (Wildman–Crippen LogP) is 2.86. The van der Waals surface area contributed by atoms with Crippen molar-refractivity contribution in [2.75, 3.05) is 19.3 Å². The second-order valence-corrected chi connectivity index (χ2v) is 8.02. The summed E-state index contributed by atoms with van der Waals surface area (Å²) in [5, 5.41) is 11.4. The highest BCUT2D eigenvalue weighted by molar-refractivity contribution is 7.99. The Bertz CT molecular complexity index is 788. The van der Waals surface area contributed by atoms with Gasteiger partial charge in [0.15, 0.2) is 0 Å². The van der Waals surface area contributed by atoms with Crippen LogP contribution >= 0.6 is 23.4 Å². The second-order valence-electron chi connectivity index (χ2n) is 6.69. The van der Waals surface area contributed by atoms with E-state index in [0.29, 0.717) is 16.5 Å². The Morgan fingerprint density at radius 1 is 1.27 bits per heavy atom. The number of nitrogens with zero attached hydrogens (tertiary/aromatic N) is 3. The molecule has 0 radical (unpaired) electrons. The zero-order chi connectivity index (χ0) is 19.3. The van der Waals surface area contributed by atoms with Crippen molar-refractivity contribution in [2.45, 2.75) is 31.5 Å². The number of thioether (sulfide) groups is 1. The van der Waals surface area contributed by atoms with Gasteiger partial charge in [-0.1, -0.05) is 35.5 Å². The number of halogens is 1. The molecule has 9 heteroatoms. The van der Waals surface area contributed by atoms with Crippen molar-refractivity contribution >= 4 is 35.2 Å². The number of rotatable bonds is 6. The van der Waals surface area contributed by atoms with Crippen molar-refractivity contribution in [3.8, 4) is 11.5 Å². The SMILES string of the molecule is CN(CC(=O)NC(C)(C)C)C(=O)CSc1nnc(-c2ccccc2Cl)o1. The van der Waals surface area contributed by atoms with Gasteiger partial charge in [-0.3, -0.25) is 9.59 Å². The van der Waals surface area contributed by atoms with E-state index < -0.39 is 0 Å². The number of benzene rings is 1. The molecule has 26 heavy (non-hydrogen) atoms. The van der Waals surface area contributed by atoms with E-state index in [9.17, 15) is 9.59 Å². The third kappa shape index (κ3) is 6.03. The van der Waals surface area contributed by atoms with Crippen molar-refractivity contribution in [2.24, 2.45) is 0 Å². The summed E-state index contributed by atoms with van der Waals surface area (Å²) in [5.74, 6) is -0.0409. The maximum absolute atomic E-state index is 12.2. The van der Waals surface area contributed by atoms with Crippen LogP contribution in [0, 0.1) is 0 Å². The largest absolute Gasteiger partial charge is 0.411 e. The first-order valence-electron chi connectivity index (χ1n) is 7.92. The molecule has 1 aromatic carbocycles. The van der Waals surface area contributed by atoms with Gasteiger partial charge >= 0.3 is 0 Å². The first-order valence-corrected chi connectivity index (χ1v) is 9.28. The van der Waals surface area contributed by atoms with E-state index in [1.807, 2.05) is 32.9 Å². The van der Waals surface area contributed by atoms with E-state index in [1.54, 1.807) is 19.2 Å². The summed E-state index contributed by atoms with van der Waals surface area (Å²) in [6.07, 6.45) is 0. The molecule has 0 saturated carbocycles. The van der Waals surface area contributed by atoms with E-state index in [1.165, 1.54) is 4.90 Å². The summed E-state index contributed by atoms with van der Waals surface area (Å²) >= 11 is 7.21. The van der Waals surface area contributed by atoms with Crippen molar-refractivity contribution in [3.05, 3.63) is 29.3 Å². The first kappa shape index (κ1) is 20.3. The topological polar surface area (TPSA) is 88.3 Å². The number of carbonyl (C=O) groups excluding carboxylic acids is 2. The van der Waals surface area contributed by atoms with E-state index in [4.69, 9.17) is 16.0 Å². The van der Waals surface area contributed by atoms with Crippen LogP contribution in [0.4, 0.5) is 0 Å². The minimum atomic E-state index is -0.339. The number of hydrogen-bond acceptors (Lipinski definition) is 6. The van der Waals surface area contributed by atoms with Crippen LogP contribution in [-0.2, 0) is 9.59 Å². The van der Waals surface area contributed by atoms with Crippen LogP contribution in [-0.4, -0.2) is 51.8 Å². The molecule has 7 nitrogen and oxygen atoms in total. The van der Waals surface area contributed by atoms with E-state index in [-0.39, 0.29) is 34.9 Å². The molecule has 0 fully saturated rings. The molecule has 1 N–H and O–H groups in total. The third-order valence-electron chi connectivity index (χ3n) is 3.15. The van der Waals surface area contributed by atoms with Gasteiger partial charge in [0.25, 0.3) is 5.22 Å². The zero-order valence-electron chi connectivity index (χ0n) is 15.1. The molecular weight excluding hydrogens is 376 g/mol. The molecule has 0 unspecified atom stereocenters. The molecule has 0 aliphatic rings. The van der Waals surface area contributed by atoms with E-state index in [0.717, 1.165) is 11.8 Å². The van der Waals surface area contributed by atoms with Gasteiger partial charge in [-0.05, 0) is 32.9 Å². The molecule has 2 rings (SSSR count). The predicted molar refractivity (Wildman–Crippen MR) is 101 cm³/mol. The highest BCUT2D eigenvalue weighted by Gasteiger charge is 2.19. The summed E-state index contributed by atoms with van der Waals surface area (Å²) in [6, 6.07) is 7.13. The number of hydrogen-bond donors (Lipinski definition) is 1. The lowest BCUT2D eigenvalue weighted by molar-refractivity contribution is -0.133. The maximum Gasteiger partial charge on any atom is 0.277 e. The molecule has 0 spiro atoms. The fourth-order valence-corrected chi connectivity index (χ4v) is 2.93. The second kappa shape index (κ2) is 8.55. The lowest BCUT2D eigenvalue weighted by Gasteiger charge is -2.23. The Morgan fingerprint density at radius 3 is 2.62 bits per heavy atom. The highest BCUT2D eigenvalue weighted by Crippen LogP contribution is 2.28. The van der Waals surface area contributed by atoms with Crippen LogP contribution in [0.15, 0.2) is 33.9 Å². The number of carbonyl (C=O) groups is 2. The van der Waals surface area contributed by atoms with Crippen LogP contribution in [0.3, 0.4) is 0 Å². The Kier molecular flexibility index (Phi) is 6.66. The number of aromatic nitrogens is 2. The fraction of sp³-hybridized carbons (Fsp3) is 0.412. The van der Waals surface area contributed by atoms with Gasteiger partial charge in [-0.25, -0.2) is 0 Å². The molecular formula is C17H21ClN4O3S. The smallest absolute Gasteiger partial charge is 0.277 e. The Morgan fingerprint density at radius 2 is 1.96 bits per heavy atom. The molecule has 1 heterocycles. The molecule has 0 aliphatic heterocycles. The summed E-state index contributed by atoms with van der Waals surface area (Å²) in [6.45, 7) is 5.64. The van der Waals surface area contributed by atoms with Crippen LogP contribution in [0.5, 0.6) is 0 Å². The molecule has 1 aromatic heterocycles. The minimum Gasteiger partial charge on any atom is -0.411 e. The highest BCUT2D eigenvalue weighted by atomic mass is 35.5. The third-order valence-corrected chi connectivity index (χ3v) is 4.28. The van der Waals surface area contributed by atoms with Crippen molar-refractivity contribution in [3.63, 3.8) is 0 Å². The number of amides is 2. The molecule has 0 bridgehead atoms. The van der Waals surface area contributed by atoms with Crippen LogP contribution < -0.4 is 5.32 Å². The average Bonchev–Trinajstić information content (AvgIpc) is 2.99. The van der Waals surface area contributed by atoms with Gasteiger partial charge < -0.3 is 14.6 Å². The molecule has 140 valence electrons. The maximum atomic E-state index is 12.2. The van der Waals surface area contributed by atoms with Gasteiger partial charge in [-0.15, -0.1) is 10.2 Å². The molecule has 0 aliphatic carbocycles. The monoisotopic (exact) mass is 396 g/mol. The van der Waals surface area contributed by atoms with Crippen molar-refractivity contribution in [1.29, 1.82) is 0 Å². The Labute approximate surface area is 161 Å². The summed E-state index contributed by atoms with van der Waals surface area (Å²) in [4.78, 5) is 25.4. The molecule has 0 atom stereocenters. The molecule has 2 amide bonds. The van der Waals surface area contributed by atoms with E-state index >= 15 is 0 Å². The van der Waals surface area contributed by atoms with Crippen molar-refractivity contribution < 1.29 is 14.0 Å². The van der Waals surface area contributed by atoms with Crippen LogP contribution in [0.2, 0.25) is 5.02 Å². The Balaban J connectivity index is 1.88. The summed E-state index contributed by atoms with van der Waals surface area (Å²) in [5.41, 5.74) is 0.296. The van der Waals surface area contributed by atoms with Crippen molar-refractivity contribution in [1.82, 2.24) is 20.4 Å². The Hall–Kier alpha value is -2.06.